The number of rotatable bonds is 9. The summed E-state index contributed by atoms with van der Waals surface area (Å²) in [5.74, 6) is -2.83. The van der Waals surface area contributed by atoms with Crippen LogP contribution in [0, 0.1) is 17.5 Å². The highest BCUT2D eigenvalue weighted by molar-refractivity contribution is 6.04. The van der Waals surface area contributed by atoms with Crippen molar-refractivity contribution in [1.82, 2.24) is 16.0 Å². The van der Waals surface area contributed by atoms with Crippen molar-refractivity contribution < 1.29 is 27.6 Å². The maximum Gasteiger partial charge on any atom is 0.251 e. The van der Waals surface area contributed by atoms with Crippen LogP contribution in [0.25, 0.3) is 0 Å². The van der Waals surface area contributed by atoms with Gasteiger partial charge in [-0.05, 0) is 71.3 Å². The molecule has 4 aromatic carbocycles. The lowest BCUT2D eigenvalue weighted by Gasteiger charge is -2.12. The summed E-state index contributed by atoms with van der Waals surface area (Å²) >= 11 is 0. The van der Waals surface area contributed by atoms with Crippen molar-refractivity contribution in [2.24, 2.45) is 0 Å². The second-order valence-corrected chi connectivity index (χ2v) is 8.73. The second kappa shape index (κ2) is 15.0. The minimum absolute atomic E-state index is 0.0680. The highest BCUT2D eigenvalue weighted by Crippen LogP contribution is 2.14. The van der Waals surface area contributed by atoms with Gasteiger partial charge in [0.1, 0.15) is 17.5 Å². The van der Waals surface area contributed by atoms with Crippen LogP contribution in [-0.2, 0) is 19.6 Å². The van der Waals surface area contributed by atoms with Gasteiger partial charge in [-0.15, -0.1) is 0 Å². The third kappa shape index (κ3) is 9.35. The van der Waals surface area contributed by atoms with Crippen LogP contribution in [0.5, 0.6) is 0 Å². The van der Waals surface area contributed by atoms with Crippen molar-refractivity contribution in [3.63, 3.8) is 0 Å². The average Bonchev–Trinajstić information content (AvgIpc) is 3.00. The first-order valence-corrected chi connectivity index (χ1v) is 13.0. The molecule has 212 valence electrons. The Bertz CT molecular complexity index is 1280. The lowest BCUT2D eigenvalue weighted by molar-refractivity contribution is 0.0950. The second-order valence-electron chi connectivity index (χ2n) is 8.73. The van der Waals surface area contributed by atoms with Crippen molar-refractivity contribution in [2.75, 3.05) is 0 Å². The Hall–Kier alpha value is -4.92. The molecular weight excluding hydrogens is 531 g/mol. The van der Waals surface area contributed by atoms with E-state index >= 15 is 0 Å². The van der Waals surface area contributed by atoms with E-state index in [-0.39, 0.29) is 36.3 Å². The van der Waals surface area contributed by atoms with Crippen LogP contribution < -0.4 is 16.0 Å². The summed E-state index contributed by atoms with van der Waals surface area (Å²) in [5.41, 5.74) is 2.19. The van der Waals surface area contributed by atoms with Crippen LogP contribution in [0.15, 0.2) is 91.0 Å². The molecule has 0 aliphatic carbocycles. The Morgan fingerprint density at radius 2 is 0.683 bits per heavy atom. The molecule has 0 atom stereocenters. The molecule has 41 heavy (non-hydrogen) atoms. The third-order valence-electron chi connectivity index (χ3n) is 5.82. The molecule has 0 saturated carbocycles. The summed E-state index contributed by atoms with van der Waals surface area (Å²) in [6.45, 7) is 4.31. The molecule has 6 nitrogen and oxygen atoms in total. The molecule has 0 aliphatic heterocycles. The zero-order valence-electron chi connectivity index (χ0n) is 22.6. The molecule has 0 unspecified atom stereocenters. The predicted octanol–water partition coefficient (Wildman–Crippen LogP) is 5.92. The van der Waals surface area contributed by atoms with Gasteiger partial charge in [0, 0.05) is 36.3 Å². The zero-order valence-corrected chi connectivity index (χ0v) is 22.6. The normalized spacial score (nSPS) is 10.2. The minimum Gasteiger partial charge on any atom is -0.348 e. The Balaban J connectivity index is 0.00000226. The van der Waals surface area contributed by atoms with Crippen LogP contribution in [0.3, 0.4) is 0 Å². The van der Waals surface area contributed by atoms with E-state index in [2.05, 4.69) is 16.0 Å². The first-order chi connectivity index (χ1) is 19.8. The minimum atomic E-state index is -0.542. The molecule has 0 saturated heterocycles. The molecule has 3 N–H and O–H groups in total. The smallest absolute Gasteiger partial charge is 0.251 e. The summed E-state index contributed by atoms with van der Waals surface area (Å²) in [5, 5.41) is 8.09. The number of nitrogens with one attached hydrogen (secondary N) is 3. The Morgan fingerprint density at radius 1 is 0.463 bits per heavy atom. The van der Waals surface area contributed by atoms with Crippen molar-refractivity contribution in [3.8, 4) is 0 Å². The van der Waals surface area contributed by atoms with E-state index in [0.29, 0.717) is 16.7 Å². The Morgan fingerprint density at radius 3 is 0.902 bits per heavy atom. The zero-order chi connectivity index (χ0) is 29.8. The highest BCUT2D eigenvalue weighted by atomic mass is 19.1. The molecule has 0 heterocycles. The molecule has 0 bridgehead atoms. The molecule has 0 aliphatic rings. The van der Waals surface area contributed by atoms with E-state index in [4.69, 9.17) is 0 Å². The largest absolute Gasteiger partial charge is 0.348 e. The monoisotopic (exact) mass is 561 g/mol. The molecule has 4 rings (SSSR count). The summed E-state index contributed by atoms with van der Waals surface area (Å²) < 4.78 is 39.5. The van der Waals surface area contributed by atoms with E-state index in [1.807, 2.05) is 13.8 Å². The number of hydrogen-bond acceptors (Lipinski definition) is 3. The third-order valence-corrected chi connectivity index (χ3v) is 5.82. The predicted molar refractivity (Wildman–Crippen MR) is 151 cm³/mol. The van der Waals surface area contributed by atoms with Gasteiger partial charge in [0.15, 0.2) is 0 Å². The molecule has 3 amide bonds. The van der Waals surface area contributed by atoms with E-state index in [9.17, 15) is 27.6 Å². The molecule has 4 aromatic rings. The van der Waals surface area contributed by atoms with Gasteiger partial charge in [-0.25, -0.2) is 13.2 Å². The van der Waals surface area contributed by atoms with Crippen LogP contribution in [0.1, 0.15) is 61.6 Å². The average molecular weight is 562 g/mol. The van der Waals surface area contributed by atoms with Crippen LogP contribution in [-0.4, -0.2) is 17.7 Å². The number of carbonyl (C=O) groups is 3. The van der Waals surface area contributed by atoms with Gasteiger partial charge >= 0.3 is 0 Å². The number of hydrogen-bond donors (Lipinski definition) is 3. The standard InChI is InChI=1S/C30H24F3N3O3.C2H6/c31-25-7-1-19(2-8-25)16-34-28(37)22-13-23(29(38)35-17-20-3-9-26(32)10-4-20)15-24(14-22)30(39)36-18-21-5-11-27(33)12-6-21;1-2/h1-15H,16-18H2,(H,34,37)(H,35,38)(H,36,39);1-2H3. The van der Waals surface area contributed by atoms with E-state index in [1.54, 1.807) is 0 Å². The maximum atomic E-state index is 13.2. The topological polar surface area (TPSA) is 87.3 Å². The van der Waals surface area contributed by atoms with Crippen molar-refractivity contribution in [3.05, 3.63) is 142 Å². The Labute approximate surface area is 236 Å². The first kappa shape index (κ1) is 30.6. The Kier molecular flexibility index (Phi) is 11.2. The summed E-state index contributed by atoms with van der Waals surface area (Å²) in [7, 11) is 0. The lowest BCUT2D eigenvalue weighted by atomic mass is 10.0. The van der Waals surface area contributed by atoms with E-state index in [1.165, 1.54) is 91.0 Å². The summed E-state index contributed by atoms with van der Waals surface area (Å²) in [6.07, 6.45) is 0. The SMILES string of the molecule is CC.O=C(NCc1ccc(F)cc1)c1cc(C(=O)NCc2ccc(F)cc2)cc(C(=O)NCc2ccc(F)cc2)c1. The first-order valence-electron chi connectivity index (χ1n) is 13.0. The highest BCUT2D eigenvalue weighted by Gasteiger charge is 2.17. The van der Waals surface area contributed by atoms with Crippen LogP contribution >= 0.6 is 0 Å². The van der Waals surface area contributed by atoms with Crippen LogP contribution in [0.2, 0.25) is 0 Å². The number of halogens is 3. The van der Waals surface area contributed by atoms with Crippen molar-refractivity contribution in [1.29, 1.82) is 0 Å². The van der Waals surface area contributed by atoms with E-state index in [0.717, 1.165) is 0 Å². The van der Waals surface area contributed by atoms with Gasteiger partial charge in [-0.2, -0.15) is 0 Å². The van der Waals surface area contributed by atoms with Gasteiger partial charge in [0.05, 0.1) is 0 Å². The van der Waals surface area contributed by atoms with Gasteiger partial charge in [0.2, 0.25) is 0 Å². The molecular formula is C32H30F3N3O3. The number of amides is 3. The molecule has 9 heteroatoms. The quantitative estimate of drug-likeness (QED) is 0.237. The molecule has 0 spiro atoms. The molecule has 0 aromatic heterocycles. The van der Waals surface area contributed by atoms with Crippen molar-refractivity contribution in [2.45, 2.75) is 33.5 Å². The fourth-order valence-electron chi connectivity index (χ4n) is 3.68. The van der Waals surface area contributed by atoms with Gasteiger partial charge in [0.25, 0.3) is 17.7 Å². The van der Waals surface area contributed by atoms with Crippen molar-refractivity contribution >= 4 is 17.7 Å². The molecule has 0 radical (unpaired) electrons. The lowest BCUT2D eigenvalue weighted by Crippen LogP contribution is -2.28. The van der Waals surface area contributed by atoms with Crippen LogP contribution in [0.4, 0.5) is 13.2 Å². The number of benzene rings is 4. The van der Waals surface area contributed by atoms with Gasteiger partial charge in [-0.1, -0.05) is 50.2 Å². The summed E-state index contributed by atoms with van der Waals surface area (Å²) in [4.78, 5) is 38.8. The van der Waals surface area contributed by atoms with E-state index < -0.39 is 35.2 Å². The fourth-order valence-corrected chi connectivity index (χ4v) is 3.68. The van der Waals surface area contributed by atoms with Gasteiger partial charge in [-0.3, -0.25) is 14.4 Å². The maximum absolute atomic E-state index is 13.2. The van der Waals surface area contributed by atoms with Gasteiger partial charge < -0.3 is 16.0 Å². The number of carbonyl (C=O) groups excluding carboxylic acids is 3. The molecule has 0 fully saturated rings. The fraction of sp³-hybridized carbons (Fsp3) is 0.156. The summed E-state index contributed by atoms with van der Waals surface area (Å²) in [6, 6.07) is 20.9.